The van der Waals surface area contributed by atoms with Gasteiger partial charge in [0.15, 0.2) is 5.69 Å². The molecule has 6 heteroatoms. The van der Waals surface area contributed by atoms with Gasteiger partial charge in [0.05, 0.1) is 5.51 Å². The van der Waals surface area contributed by atoms with Crippen LogP contribution in [0.15, 0.2) is 5.51 Å². The zero-order valence-electron chi connectivity index (χ0n) is 8.10. The topological polar surface area (TPSA) is 62.2 Å². The van der Waals surface area contributed by atoms with E-state index < -0.39 is 5.97 Å². The molecule has 0 amide bonds. The van der Waals surface area contributed by atoms with Gasteiger partial charge in [-0.1, -0.05) is 0 Å². The molecule has 0 radical (unpaired) electrons. The van der Waals surface area contributed by atoms with Crippen molar-refractivity contribution < 1.29 is 9.90 Å². The first kappa shape index (κ1) is 10.8. The van der Waals surface area contributed by atoms with E-state index in [1.807, 2.05) is 11.8 Å². The van der Waals surface area contributed by atoms with Crippen molar-refractivity contribution in [2.75, 3.05) is 17.6 Å². The van der Waals surface area contributed by atoms with Gasteiger partial charge in [-0.2, -0.15) is 11.8 Å². The molecule has 0 aliphatic carbocycles. The summed E-state index contributed by atoms with van der Waals surface area (Å²) < 4.78 is 0. The first-order valence-electron chi connectivity index (χ1n) is 4.79. The molecule has 2 rings (SSSR count). The maximum absolute atomic E-state index is 10.8. The molecule has 1 atom stereocenters. The van der Waals surface area contributed by atoms with Gasteiger partial charge < -0.3 is 10.4 Å². The summed E-state index contributed by atoms with van der Waals surface area (Å²) in [7, 11) is 0. The Morgan fingerprint density at radius 2 is 2.60 bits per heavy atom. The van der Waals surface area contributed by atoms with Crippen molar-refractivity contribution in [1.82, 2.24) is 4.98 Å². The highest BCUT2D eigenvalue weighted by atomic mass is 32.2. The maximum Gasteiger partial charge on any atom is 0.357 e. The van der Waals surface area contributed by atoms with Crippen molar-refractivity contribution in [3.05, 3.63) is 11.2 Å². The Bertz CT molecular complexity index is 348. The summed E-state index contributed by atoms with van der Waals surface area (Å²) in [5.74, 6) is 0.263. The quantitative estimate of drug-likeness (QED) is 0.849. The van der Waals surface area contributed by atoms with Crippen molar-refractivity contribution in [2.45, 2.75) is 18.1 Å². The van der Waals surface area contributed by atoms with E-state index in [-0.39, 0.29) is 5.69 Å². The lowest BCUT2D eigenvalue weighted by Gasteiger charge is -2.09. The predicted molar refractivity (Wildman–Crippen MR) is 63.0 cm³/mol. The molecule has 1 aliphatic rings. The van der Waals surface area contributed by atoms with Crippen molar-refractivity contribution in [3.63, 3.8) is 0 Å². The number of rotatable bonds is 4. The predicted octanol–water partition coefficient (Wildman–Crippen LogP) is 2.15. The summed E-state index contributed by atoms with van der Waals surface area (Å²) in [6.45, 7) is 0.840. The Hall–Kier alpha value is -0.750. The zero-order valence-corrected chi connectivity index (χ0v) is 9.74. The van der Waals surface area contributed by atoms with Gasteiger partial charge in [-0.15, -0.1) is 11.3 Å². The van der Waals surface area contributed by atoms with Crippen molar-refractivity contribution >= 4 is 34.1 Å². The fourth-order valence-electron chi connectivity index (χ4n) is 1.54. The van der Waals surface area contributed by atoms with Crippen LogP contribution in [0, 0.1) is 0 Å². The summed E-state index contributed by atoms with van der Waals surface area (Å²) in [6.07, 6.45) is 2.49. The van der Waals surface area contributed by atoms with Gasteiger partial charge in [-0.3, -0.25) is 0 Å². The molecule has 82 valence electrons. The largest absolute Gasteiger partial charge is 0.476 e. The number of hydrogen-bond acceptors (Lipinski definition) is 5. The molecule has 1 aromatic rings. The molecule has 2 heterocycles. The van der Waals surface area contributed by atoms with Crippen molar-refractivity contribution in [3.8, 4) is 0 Å². The van der Waals surface area contributed by atoms with Crippen LogP contribution < -0.4 is 5.32 Å². The summed E-state index contributed by atoms with van der Waals surface area (Å²) in [4.78, 5) is 14.6. The van der Waals surface area contributed by atoms with Crippen LogP contribution in [0.2, 0.25) is 0 Å². The van der Waals surface area contributed by atoms with Gasteiger partial charge in [0.2, 0.25) is 0 Å². The number of nitrogens with one attached hydrogen (secondary N) is 1. The number of anilines is 1. The van der Waals surface area contributed by atoms with E-state index >= 15 is 0 Å². The van der Waals surface area contributed by atoms with Crippen LogP contribution in [0.5, 0.6) is 0 Å². The normalized spacial score (nSPS) is 20.4. The minimum absolute atomic E-state index is 0.142. The lowest BCUT2D eigenvalue weighted by Crippen LogP contribution is -2.14. The van der Waals surface area contributed by atoms with Gasteiger partial charge in [0.1, 0.15) is 5.00 Å². The zero-order chi connectivity index (χ0) is 10.7. The number of aromatic carboxylic acids is 1. The molecule has 4 nitrogen and oxygen atoms in total. The monoisotopic (exact) mass is 244 g/mol. The fraction of sp³-hybridized carbons (Fsp3) is 0.556. The van der Waals surface area contributed by atoms with Crippen LogP contribution in [0.1, 0.15) is 23.3 Å². The molecule has 2 N–H and O–H groups in total. The van der Waals surface area contributed by atoms with Crippen molar-refractivity contribution in [1.29, 1.82) is 0 Å². The third kappa shape index (κ3) is 2.63. The van der Waals surface area contributed by atoms with E-state index in [1.165, 1.54) is 29.9 Å². The van der Waals surface area contributed by atoms with Crippen LogP contribution in [0.3, 0.4) is 0 Å². The number of nitrogens with zero attached hydrogens (tertiary/aromatic N) is 1. The highest BCUT2D eigenvalue weighted by molar-refractivity contribution is 8.00. The molecule has 0 spiro atoms. The summed E-state index contributed by atoms with van der Waals surface area (Å²) >= 11 is 3.30. The van der Waals surface area contributed by atoms with Gasteiger partial charge in [-0.25, -0.2) is 9.78 Å². The molecule has 1 saturated heterocycles. The van der Waals surface area contributed by atoms with E-state index in [2.05, 4.69) is 10.3 Å². The first-order valence-corrected chi connectivity index (χ1v) is 6.72. The average Bonchev–Trinajstić information content (AvgIpc) is 2.86. The Morgan fingerprint density at radius 3 is 3.27 bits per heavy atom. The first-order chi connectivity index (χ1) is 7.27. The maximum atomic E-state index is 10.8. The SMILES string of the molecule is O=C(O)c1ncsc1NCC1CCCS1. The van der Waals surface area contributed by atoms with Crippen LogP contribution in [-0.4, -0.2) is 33.6 Å². The summed E-state index contributed by atoms with van der Waals surface area (Å²) in [5, 5.41) is 13.3. The number of carboxylic acid groups (broad SMARTS) is 1. The standard InChI is InChI=1S/C9H12N2O2S2/c12-9(13)7-8(15-5-11-7)10-4-6-2-1-3-14-6/h5-6,10H,1-4H2,(H,12,13). The molecule has 15 heavy (non-hydrogen) atoms. The Labute approximate surface area is 96.1 Å². The average molecular weight is 244 g/mol. The molecule has 0 aromatic carbocycles. The number of thiazole rings is 1. The molecular formula is C9H12N2O2S2. The minimum atomic E-state index is -0.960. The van der Waals surface area contributed by atoms with Gasteiger partial charge in [0.25, 0.3) is 0 Å². The third-order valence-electron chi connectivity index (χ3n) is 2.28. The number of carbonyl (C=O) groups is 1. The van der Waals surface area contributed by atoms with E-state index in [0.717, 1.165) is 6.54 Å². The fourth-order valence-corrected chi connectivity index (χ4v) is 3.42. The Balaban J connectivity index is 1.92. The van der Waals surface area contributed by atoms with Crippen LogP contribution in [0.25, 0.3) is 0 Å². The number of hydrogen-bond donors (Lipinski definition) is 2. The summed E-state index contributed by atoms with van der Waals surface area (Å²) in [6, 6.07) is 0. The second kappa shape index (κ2) is 4.85. The van der Waals surface area contributed by atoms with Crippen molar-refractivity contribution in [2.24, 2.45) is 0 Å². The second-order valence-electron chi connectivity index (χ2n) is 3.35. The van der Waals surface area contributed by atoms with Gasteiger partial charge in [0, 0.05) is 11.8 Å². The lowest BCUT2D eigenvalue weighted by atomic mass is 10.2. The van der Waals surface area contributed by atoms with Crippen LogP contribution in [0.4, 0.5) is 5.00 Å². The highest BCUT2D eigenvalue weighted by Gasteiger charge is 2.18. The highest BCUT2D eigenvalue weighted by Crippen LogP contribution is 2.27. The Kier molecular flexibility index (Phi) is 3.48. The summed E-state index contributed by atoms with van der Waals surface area (Å²) in [5.41, 5.74) is 1.70. The minimum Gasteiger partial charge on any atom is -0.476 e. The number of aromatic nitrogens is 1. The number of thioether (sulfide) groups is 1. The molecule has 1 unspecified atom stereocenters. The molecular weight excluding hydrogens is 232 g/mol. The van der Waals surface area contributed by atoms with Gasteiger partial charge in [-0.05, 0) is 18.6 Å². The molecule has 1 aromatic heterocycles. The van der Waals surface area contributed by atoms with E-state index in [9.17, 15) is 4.79 Å². The van der Waals surface area contributed by atoms with E-state index in [1.54, 1.807) is 5.51 Å². The lowest BCUT2D eigenvalue weighted by molar-refractivity contribution is 0.0692. The Morgan fingerprint density at radius 1 is 1.73 bits per heavy atom. The number of carboxylic acids is 1. The van der Waals surface area contributed by atoms with Crippen LogP contribution >= 0.6 is 23.1 Å². The molecule has 1 aliphatic heterocycles. The molecule has 1 fully saturated rings. The van der Waals surface area contributed by atoms with E-state index in [0.29, 0.717) is 10.3 Å². The molecule has 0 bridgehead atoms. The third-order valence-corrected chi connectivity index (χ3v) is 4.47. The van der Waals surface area contributed by atoms with Crippen LogP contribution in [-0.2, 0) is 0 Å². The second-order valence-corrected chi connectivity index (χ2v) is 5.61. The smallest absolute Gasteiger partial charge is 0.357 e. The van der Waals surface area contributed by atoms with Gasteiger partial charge >= 0.3 is 5.97 Å². The molecule has 0 saturated carbocycles. The van der Waals surface area contributed by atoms with E-state index in [4.69, 9.17) is 5.11 Å².